The smallest absolute Gasteiger partial charge is 0.326 e. The number of rotatable bonds is 6. The topological polar surface area (TPSA) is 133 Å². The van der Waals surface area contributed by atoms with Gasteiger partial charge in [-0.3, -0.25) is 4.79 Å². The SMILES string of the molecule is CC[C@@H](NC(=O)[C@@H](N)Cc1ccc(O)c(O)c1)C(=O)O. The van der Waals surface area contributed by atoms with Gasteiger partial charge < -0.3 is 26.4 Å². The molecule has 6 N–H and O–H groups in total. The Kier molecular flexibility index (Phi) is 5.33. The van der Waals surface area contributed by atoms with Crippen molar-refractivity contribution in [2.45, 2.75) is 31.8 Å². The summed E-state index contributed by atoms with van der Waals surface area (Å²) in [5.41, 5.74) is 6.25. The molecular formula is C13H18N2O5. The number of carbonyl (C=O) groups excluding carboxylic acids is 1. The van der Waals surface area contributed by atoms with Gasteiger partial charge in [0.25, 0.3) is 0 Å². The Morgan fingerprint density at radius 2 is 1.95 bits per heavy atom. The van der Waals surface area contributed by atoms with E-state index in [0.29, 0.717) is 5.56 Å². The zero-order chi connectivity index (χ0) is 15.3. The van der Waals surface area contributed by atoms with E-state index < -0.39 is 24.0 Å². The molecule has 7 nitrogen and oxygen atoms in total. The number of phenolic OH excluding ortho intramolecular Hbond substituents is 2. The first-order valence-electron chi connectivity index (χ1n) is 6.14. The maximum atomic E-state index is 11.8. The van der Waals surface area contributed by atoms with Crippen LogP contribution in [0, 0.1) is 0 Å². The lowest BCUT2D eigenvalue weighted by atomic mass is 10.0. The quantitative estimate of drug-likeness (QED) is 0.464. The fraction of sp³-hybridized carbons (Fsp3) is 0.385. The van der Waals surface area contributed by atoms with Gasteiger partial charge >= 0.3 is 5.97 Å². The molecule has 1 amide bonds. The van der Waals surface area contributed by atoms with Gasteiger partial charge in [-0.05, 0) is 30.5 Å². The van der Waals surface area contributed by atoms with E-state index >= 15 is 0 Å². The molecule has 20 heavy (non-hydrogen) atoms. The molecule has 0 aliphatic heterocycles. The van der Waals surface area contributed by atoms with Gasteiger partial charge in [0, 0.05) is 0 Å². The molecule has 0 aliphatic rings. The Morgan fingerprint density at radius 3 is 2.45 bits per heavy atom. The molecule has 0 saturated heterocycles. The van der Waals surface area contributed by atoms with Crippen molar-refractivity contribution < 1.29 is 24.9 Å². The normalized spacial score (nSPS) is 13.5. The lowest BCUT2D eigenvalue weighted by molar-refractivity contribution is -0.142. The fourth-order valence-corrected chi connectivity index (χ4v) is 1.66. The van der Waals surface area contributed by atoms with Crippen molar-refractivity contribution in [2.75, 3.05) is 0 Å². The summed E-state index contributed by atoms with van der Waals surface area (Å²) in [4.78, 5) is 22.6. The molecule has 0 aromatic heterocycles. The molecule has 1 aromatic carbocycles. The second-order valence-corrected chi connectivity index (χ2v) is 4.44. The van der Waals surface area contributed by atoms with E-state index in [1.54, 1.807) is 6.92 Å². The maximum absolute atomic E-state index is 11.8. The summed E-state index contributed by atoms with van der Waals surface area (Å²) < 4.78 is 0. The minimum absolute atomic E-state index is 0.121. The maximum Gasteiger partial charge on any atom is 0.326 e. The van der Waals surface area contributed by atoms with Crippen LogP contribution < -0.4 is 11.1 Å². The van der Waals surface area contributed by atoms with Crippen molar-refractivity contribution in [3.05, 3.63) is 23.8 Å². The minimum atomic E-state index is -1.12. The van der Waals surface area contributed by atoms with Crippen molar-refractivity contribution in [1.29, 1.82) is 0 Å². The van der Waals surface area contributed by atoms with E-state index in [-0.39, 0.29) is 24.3 Å². The number of phenols is 2. The van der Waals surface area contributed by atoms with Crippen LogP contribution in [0.25, 0.3) is 0 Å². The number of benzene rings is 1. The number of nitrogens with one attached hydrogen (secondary N) is 1. The number of carboxylic acids is 1. The number of amides is 1. The first-order chi connectivity index (χ1) is 9.35. The first kappa shape index (κ1) is 15.8. The van der Waals surface area contributed by atoms with Gasteiger partial charge in [-0.1, -0.05) is 13.0 Å². The summed E-state index contributed by atoms with van der Waals surface area (Å²) in [6.07, 6.45) is 0.378. The number of carbonyl (C=O) groups is 2. The molecule has 0 radical (unpaired) electrons. The Labute approximate surface area is 116 Å². The summed E-state index contributed by atoms with van der Waals surface area (Å²) in [6.45, 7) is 1.64. The molecule has 0 heterocycles. The van der Waals surface area contributed by atoms with Crippen LogP contribution in [0.1, 0.15) is 18.9 Å². The highest BCUT2D eigenvalue weighted by molar-refractivity contribution is 5.86. The van der Waals surface area contributed by atoms with E-state index in [1.165, 1.54) is 18.2 Å². The largest absolute Gasteiger partial charge is 0.504 e. The Bertz CT molecular complexity index is 504. The lowest BCUT2D eigenvalue weighted by Gasteiger charge is -2.16. The molecule has 7 heteroatoms. The van der Waals surface area contributed by atoms with E-state index in [0.717, 1.165) is 0 Å². The molecule has 0 aliphatic carbocycles. The van der Waals surface area contributed by atoms with Crippen LogP contribution in [-0.4, -0.2) is 39.3 Å². The molecule has 0 fully saturated rings. The van der Waals surface area contributed by atoms with Gasteiger partial charge in [0.2, 0.25) is 5.91 Å². The van der Waals surface area contributed by atoms with Gasteiger partial charge in [0.15, 0.2) is 11.5 Å². The molecule has 0 saturated carbocycles. The number of aliphatic carboxylic acids is 1. The van der Waals surface area contributed by atoms with Gasteiger partial charge in [0.1, 0.15) is 6.04 Å². The van der Waals surface area contributed by atoms with E-state index in [9.17, 15) is 19.8 Å². The van der Waals surface area contributed by atoms with Crippen molar-refractivity contribution in [3.8, 4) is 11.5 Å². The van der Waals surface area contributed by atoms with Crippen LogP contribution in [0.3, 0.4) is 0 Å². The van der Waals surface area contributed by atoms with E-state index in [4.69, 9.17) is 10.8 Å². The number of aromatic hydroxyl groups is 2. The third-order valence-corrected chi connectivity index (χ3v) is 2.86. The summed E-state index contributed by atoms with van der Waals surface area (Å²) in [5.74, 6) is -2.25. The predicted molar refractivity (Wildman–Crippen MR) is 71.3 cm³/mol. The third kappa shape index (κ3) is 4.13. The van der Waals surface area contributed by atoms with Crippen LogP contribution in [0.15, 0.2) is 18.2 Å². The third-order valence-electron chi connectivity index (χ3n) is 2.86. The average molecular weight is 282 g/mol. The fourth-order valence-electron chi connectivity index (χ4n) is 1.66. The lowest BCUT2D eigenvalue weighted by Crippen LogP contribution is -2.48. The van der Waals surface area contributed by atoms with Gasteiger partial charge in [0.05, 0.1) is 6.04 Å². The molecule has 0 unspecified atom stereocenters. The molecule has 2 atom stereocenters. The van der Waals surface area contributed by atoms with Crippen LogP contribution in [0.4, 0.5) is 0 Å². The second kappa shape index (κ2) is 6.76. The Balaban J connectivity index is 2.65. The van der Waals surface area contributed by atoms with Crippen LogP contribution in [0.5, 0.6) is 11.5 Å². The highest BCUT2D eigenvalue weighted by Crippen LogP contribution is 2.25. The summed E-state index contributed by atoms with van der Waals surface area (Å²) in [7, 11) is 0. The van der Waals surface area contributed by atoms with Crippen LogP contribution >= 0.6 is 0 Å². The van der Waals surface area contributed by atoms with Crippen LogP contribution in [0.2, 0.25) is 0 Å². The number of carboxylic acid groups (broad SMARTS) is 1. The van der Waals surface area contributed by atoms with Crippen molar-refractivity contribution >= 4 is 11.9 Å². The number of nitrogens with two attached hydrogens (primary N) is 1. The van der Waals surface area contributed by atoms with E-state index in [1.807, 2.05) is 0 Å². The Morgan fingerprint density at radius 1 is 1.30 bits per heavy atom. The highest BCUT2D eigenvalue weighted by atomic mass is 16.4. The monoisotopic (exact) mass is 282 g/mol. The molecule has 110 valence electrons. The van der Waals surface area contributed by atoms with Gasteiger partial charge in [-0.2, -0.15) is 0 Å². The Hall–Kier alpha value is -2.28. The average Bonchev–Trinajstić information content (AvgIpc) is 2.39. The zero-order valence-electron chi connectivity index (χ0n) is 11.0. The van der Waals surface area contributed by atoms with Crippen molar-refractivity contribution in [3.63, 3.8) is 0 Å². The number of hydrogen-bond donors (Lipinski definition) is 5. The van der Waals surface area contributed by atoms with Crippen molar-refractivity contribution in [1.82, 2.24) is 5.32 Å². The molecular weight excluding hydrogens is 264 g/mol. The predicted octanol–water partition coefficient (Wildman–Crippen LogP) is -0.0530. The zero-order valence-corrected chi connectivity index (χ0v) is 11.0. The van der Waals surface area contributed by atoms with Gasteiger partial charge in [-0.15, -0.1) is 0 Å². The first-order valence-corrected chi connectivity index (χ1v) is 6.14. The standard InChI is InChI=1S/C13H18N2O5/c1-2-9(13(19)20)15-12(18)8(14)5-7-3-4-10(16)11(17)6-7/h3-4,6,8-9,16-17H,2,5,14H2,1H3,(H,15,18)(H,19,20)/t8-,9+/m0/s1. The highest BCUT2D eigenvalue weighted by Gasteiger charge is 2.22. The van der Waals surface area contributed by atoms with Gasteiger partial charge in [-0.25, -0.2) is 4.79 Å². The molecule has 1 aromatic rings. The van der Waals surface area contributed by atoms with Crippen molar-refractivity contribution in [2.24, 2.45) is 5.73 Å². The van der Waals surface area contributed by atoms with Crippen LogP contribution in [-0.2, 0) is 16.0 Å². The molecule has 0 spiro atoms. The summed E-state index contributed by atoms with van der Waals surface area (Å²) in [6, 6.07) is 2.21. The molecule has 1 rings (SSSR count). The summed E-state index contributed by atoms with van der Waals surface area (Å²) >= 11 is 0. The minimum Gasteiger partial charge on any atom is -0.504 e. The summed E-state index contributed by atoms with van der Waals surface area (Å²) in [5, 5.41) is 29.7. The molecule has 0 bridgehead atoms. The second-order valence-electron chi connectivity index (χ2n) is 4.44. The number of hydrogen-bond acceptors (Lipinski definition) is 5. The van der Waals surface area contributed by atoms with E-state index in [2.05, 4.69) is 5.32 Å².